The molecule has 0 radical (unpaired) electrons. The normalized spacial score (nSPS) is 12.3. The number of rotatable bonds is 4. The maximum Gasteiger partial charge on any atom is 0.122 e. The summed E-state index contributed by atoms with van der Waals surface area (Å²) < 4.78 is 5.69. The van der Waals surface area contributed by atoms with Crippen LogP contribution in [-0.2, 0) is 0 Å². The van der Waals surface area contributed by atoms with Gasteiger partial charge in [0, 0.05) is 17.6 Å². The van der Waals surface area contributed by atoms with Crippen molar-refractivity contribution >= 4 is 10.9 Å². The molecule has 1 atom stereocenters. The molecule has 2 N–H and O–H groups in total. The molecule has 1 aromatic heterocycles. The second-order valence-corrected chi connectivity index (χ2v) is 5.65. The number of aryl methyl sites for hydroxylation is 1. The Bertz CT molecular complexity index is 845. The molecule has 23 heavy (non-hydrogen) atoms. The molecule has 0 fully saturated rings. The zero-order valence-electron chi connectivity index (χ0n) is 13.2. The lowest BCUT2D eigenvalue weighted by Gasteiger charge is -2.15. The summed E-state index contributed by atoms with van der Waals surface area (Å²) in [5, 5.41) is 19.7. The van der Waals surface area contributed by atoms with E-state index in [2.05, 4.69) is 11.1 Å². The molecule has 1 heterocycles. The Morgan fingerprint density at radius 1 is 1.13 bits per heavy atom. The van der Waals surface area contributed by atoms with E-state index in [0.717, 1.165) is 33.3 Å². The van der Waals surface area contributed by atoms with Gasteiger partial charge in [0.25, 0.3) is 0 Å². The summed E-state index contributed by atoms with van der Waals surface area (Å²) in [6.07, 6.45) is 1.51. The molecule has 118 valence electrons. The van der Waals surface area contributed by atoms with E-state index >= 15 is 0 Å². The van der Waals surface area contributed by atoms with Gasteiger partial charge in [-0.3, -0.25) is 4.98 Å². The maximum atomic E-state index is 9.60. The van der Waals surface area contributed by atoms with Gasteiger partial charge in [-0.25, -0.2) is 0 Å². The van der Waals surface area contributed by atoms with E-state index in [1.807, 2.05) is 38.1 Å². The molecule has 0 aliphatic heterocycles. The second kappa shape index (κ2) is 6.26. The van der Waals surface area contributed by atoms with Crippen molar-refractivity contribution in [2.75, 3.05) is 6.61 Å². The third-order valence-electron chi connectivity index (χ3n) is 3.80. The lowest BCUT2D eigenvalue weighted by atomic mass is 9.99. The van der Waals surface area contributed by atoms with Crippen LogP contribution in [0.5, 0.6) is 11.5 Å². The van der Waals surface area contributed by atoms with Crippen molar-refractivity contribution in [1.82, 2.24) is 4.98 Å². The van der Waals surface area contributed by atoms with Gasteiger partial charge in [-0.05, 0) is 60.9 Å². The standard InChI is InChI=1S/C19H19NO3/c1-12-9-14(3-6-19(12)23-13(2)11-21)16-7-8-20-18-10-15(22)4-5-17(16)18/h3-10,13,21-22H,11H2,1-2H3. The lowest BCUT2D eigenvalue weighted by Crippen LogP contribution is -2.16. The Kier molecular flexibility index (Phi) is 4.17. The fourth-order valence-electron chi connectivity index (χ4n) is 2.59. The van der Waals surface area contributed by atoms with Crippen LogP contribution in [-0.4, -0.2) is 27.9 Å². The van der Waals surface area contributed by atoms with Gasteiger partial charge in [-0.1, -0.05) is 6.07 Å². The van der Waals surface area contributed by atoms with Gasteiger partial charge in [0.2, 0.25) is 0 Å². The molecule has 0 aliphatic rings. The molecule has 0 saturated carbocycles. The molecule has 3 rings (SSSR count). The predicted molar refractivity (Wildman–Crippen MR) is 90.8 cm³/mol. The predicted octanol–water partition coefficient (Wildman–Crippen LogP) is 3.68. The molecular formula is C19H19NO3. The average Bonchev–Trinajstić information content (AvgIpc) is 2.55. The highest BCUT2D eigenvalue weighted by Gasteiger charge is 2.09. The van der Waals surface area contributed by atoms with E-state index in [-0.39, 0.29) is 18.5 Å². The Morgan fingerprint density at radius 3 is 2.70 bits per heavy atom. The quantitative estimate of drug-likeness (QED) is 0.772. The molecule has 0 saturated heterocycles. The molecule has 3 aromatic rings. The van der Waals surface area contributed by atoms with Crippen molar-refractivity contribution in [1.29, 1.82) is 0 Å². The van der Waals surface area contributed by atoms with Crippen molar-refractivity contribution in [2.24, 2.45) is 0 Å². The van der Waals surface area contributed by atoms with Crippen LogP contribution in [0.4, 0.5) is 0 Å². The summed E-state index contributed by atoms with van der Waals surface area (Å²) in [5.74, 6) is 0.978. The van der Waals surface area contributed by atoms with Gasteiger partial charge in [0.05, 0.1) is 12.1 Å². The third-order valence-corrected chi connectivity index (χ3v) is 3.80. The average molecular weight is 309 g/mol. The zero-order valence-corrected chi connectivity index (χ0v) is 13.2. The van der Waals surface area contributed by atoms with E-state index in [1.54, 1.807) is 18.3 Å². The minimum absolute atomic E-state index is 0.0142. The first kappa shape index (κ1) is 15.3. The highest BCUT2D eigenvalue weighted by Crippen LogP contribution is 2.32. The van der Waals surface area contributed by atoms with Gasteiger partial charge in [-0.15, -0.1) is 0 Å². The largest absolute Gasteiger partial charge is 0.508 e. The fraction of sp³-hybridized carbons (Fsp3) is 0.211. The van der Waals surface area contributed by atoms with Crippen LogP contribution < -0.4 is 4.74 Å². The number of hydrogen-bond donors (Lipinski definition) is 2. The molecule has 0 spiro atoms. The monoisotopic (exact) mass is 309 g/mol. The number of pyridine rings is 1. The van der Waals surface area contributed by atoms with Gasteiger partial charge >= 0.3 is 0 Å². The molecular weight excluding hydrogens is 290 g/mol. The van der Waals surface area contributed by atoms with E-state index in [9.17, 15) is 5.11 Å². The number of aliphatic hydroxyl groups is 1. The summed E-state index contributed by atoms with van der Waals surface area (Å²) in [6.45, 7) is 3.80. The van der Waals surface area contributed by atoms with Gasteiger partial charge < -0.3 is 14.9 Å². The van der Waals surface area contributed by atoms with E-state index < -0.39 is 0 Å². The third kappa shape index (κ3) is 3.12. The number of aromatic hydroxyl groups is 1. The number of phenolic OH excluding ortho intramolecular Hbond substituents is 1. The summed E-state index contributed by atoms with van der Waals surface area (Å²) in [6, 6.07) is 13.1. The highest BCUT2D eigenvalue weighted by molar-refractivity contribution is 5.95. The van der Waals surface area contributed by atoms with Crippen LogP contribution in [0.1, 0.15) is 12.5 Å². The minimum atomic E-state index is -0.232. The number of hydrogen-bond acceptors (Lipinski definition) is 4. The SMILES string of the molecule is Cc1cc(-c2ccnc3cc(O)ccc23)ccc1OC(C)CO. The van der Waals surface area contributed by atoms with Crippen LogP contribution in [0.15, 0.2) is 48.7 Å². The number of fused-ring (bicyclic) bond motifs is 1. The first-order chi connectivity index (χ1) is 11.1. The summed E-state index contributed by atoms with van der Waals surface area (Å²) in [7, 11) is 0. The van der Waals surface area contributed by atoms with E-state index in [4.69, 9.17) is 9.84 Å². The van der Waals surface area contributed by atoms with Crippen molar-refractivity contribution in [3.63, 3.8) is 0 Å². The molecule has 1 unspecified atom stereocenters. The van der Waals surface area contributed by atoms with E-state index in [1.165, 1.54) is 0 Å². The second-order valence-electron chi connectivity index (χ2n) is 5.65. The molecule has 4 nitrogen and oxygen atoms in total. The molecule has 0 amide bonds. The number of aliphatic hydroxyl groups excluding tert-OH is 1. The Labute approximate surface area is 135 Å². The number of nitrogens with zero attached hydrogens (tertiary/aromatic N) is 1. The van der Waals surface area contributed by atoms with Gasteiger partial charge in [0.1, 0.15) is 17.6 Å². The molecule has 0 bridgehead atoms. The smallest absolute Gasteiger partial charge is 0.122 e. The Morgan fingerprint density at radius 2 is 1.96 bits per heavy atom. The number of ether oxygens (including phenoxy) is 1. The molecule has 0 aliphatic carbocycles. The van der Waals surface area contributed by atoms with Crippen LogP contribution in [0.2, 0.25) is 0 Å². The lowest BCUT2D eigenvalue weighted by molar-refractivity contribution is 0.129. The minimum Gasteiger partial charge on any atom is -0.508 e. The van der Waals surface area contributed by atoms with Crippen LogP contribution in [0.3, 0.4) is 0 Å². The summed E-state index contributed by atoms with van der Waals surface area (Å²) in [4.78, 5) is 4.31. The number of benzene rings is 2. The van der Waals surface area contributed by atoms with Gasteiger partial charge in [0.15, 0.2) is 0 Å². The Hall–Kier alpha value is -2.59. The van der Waals surface area contributed by atoms with E-state index in [0.29, 0.717) is 0 Å². The highest BCUT2D eigenvalue weighted by atomic mass is 16.5. The van der Waals surface area contributed by atoms with Crippen molar-refractivity contribution < 1.29 is 14.9 Å². The first-order valence-electron chi connectivity index (χ1n) is 7.55. The summed E-state index contributed by atoms with van der Waals surface area (Å²) in [5.41, 5.74) is 3.88. The van der Waals surface area contributed by atoms with Crippen LogP contribution in [0.25, 0.3) is 22.0 Å². The fourth-order valence-corrected chi connectivity index (χ4v) is 2.59. The van der Waals surface area contributed by atoms with Crippen molar-refractivity contribution in [2.45, 2.75) is 20.0 Å². The number of phenols is 1. The van der Waals surface area contributed by atoms with Crippen LogP contribution >= 0.6 is 0 Å². The molecule has 2 aromatic carbocycles. The first-order valence-corrected chi connectivity index (χ1v) is 7.55. The summed E-state index contributed by atoms with van der Waals surface area (Å²) >= 11 is 0. The zero-order chi connectivity index (χ0) is 16.4. The maximum absolute atomic E-state index is 9.60. The van der Waals surface area contributed by atoms with Crippen LogP contribution in [0, 0.1) is 6.92 Å². The number of aromatic nitrogens is 1. The van der Waals surface area contributed by atoms with Gasteiger partial charge in [-0.2, -0.15) is 0 Å². The topological polar surface area (TPSA) is 62.6 Å². The Balaban J connectivity index is 2.04. The van der Waals surface area contributed by atoms with Crippen molar-refractivity contribution in [3.8, 4) is 22.6 Å². The van der Waals surface area contributed by atoms with Crippen molar-refractivity contribution in [3.05, 3.63) is 54.2 Å². The molecule has 4 heteroatoms.